The van der Waals surface area contributed by atoms with E-state index in [0.29, 0.717) is 26.3 Å². The zero-order valence-corrected chi connectivity index (χ0v) is 11.9. The van der Waals surface area contributed by atoms with Crippen LogP contribution in [0.15, 0.2) is 0 Å². The first-order chi connectivity index (χ1) is 8.78. The molecule has 0 aliphatic carbocycles. The van der Waals surface area contributed by atoms with Crippen LogP contribution < -0.4 is 0 Å². The number of esters is 1. The van der Waals surface area contributed by atoms with Gasteiger partial charge < -0.3 is 19.1 Å². The number of likely N-dealkylation sites (tertiary alicyclic amines) is 1. The minimum atomic E-state index is -0.717. The number of hydrogen-bond acceptors (Lipinski definition) is 5. The smallest absolute Gasteiger partial charge is 0.410 e. The number of amides is 1. The molecule has 108 valence electrons. The maximum atomic E-state index is 12.1. The van der Waals surface area contributed by atoms with Crippen molar-refractivity contribution in [1.82, 2.24) is 4.90 Å². The summed E-state index contributed by atoms with van der Waals surface area (Å²) in [4.78, 5) is 25.6. The summed E-state index contributed by atoms with van der Waals surface area (Å²) in [6, 6.07) is 0. The molecule has 2 aliphatic rings. The molecule has 1 amide bonds. The highest BCUT2D eigenvalue weighted by molar-refractivity contribution is 5.80. The van der Waals surface area contributed by atoms with Crippen LogP contribution in [0, 0.1) is 11.3 Å². The van der Waals surface area contributed by atoms with Gasteiger partial charge in [0.25, 0.3) is 0 Å². The molecule has 2 saturated heterocycles. The summed E-state index contributed by atoms with van der Waals surface area (Å²) in [5.74, 6) is -0.312. The predicted molar refractivity (Wildman–Crippen MR) is 66.6 cm³/mol. The Bertz CT molecular complexity index is 389. The zero-order valence-electron chi connectivity index (χ0n) is 11.9. The van der Waals surface area contributed by atoms with Crippen molar-refractivity contribution in [3.8, 4) is 0 Å². The molecule has 0 unspecified atom stereocenters. The second kappa shape index (κ2) is 4.67. The molecule has 19 heavy (non-hydrogen) atoms. The van der Waals surface area contributed by atoms with Crippen molar-refractivity contribution in [2.75, 3.05) is 33.4 Å². The fraction of sp³-hybridized carbons (Fsp3) is 0.846. The van der Waals surface area contributed by atoms with Crippen LogP contribution in [0.1, 0.15) is 20.8 Å². The topological polar surface area (TPSA) is 65.1 Å². The Morgan fingerprint density at radius 2 is 2.05 bits per heavy atom. The van der Waals surface area contributed by atoms with Crippen molar-refractivity contribution in [1.29, 1.82) is 0 Å². The van der Waals surface area contributed by atoms with E-state index in [9.17, 15) is 9.59 Å². The second-order valence-corrected chi connectivity index (χ2v) is 6.22. The Kier molecular flexibility index (Phi) is 3.47. The standard InChI is InChI=1S/C13H21NO5/c1-12(2,3)19-11(16)14-5-9-6-18-8-13(9,7-14)10(15)17-4/h9H,5-8H2,1-4H3/t9-,13+/m0/s1. The summed E-state index contributed by atoms with van der Waals surface area (Å²) in [5.41, 5.74) is -1.25. The van der Waals surface area contributed by atoms with E-state index in [1.165, 1.54) is 7.11 Å². The van der Waals surface area contributed by atoms with Gasteiger partial charge in [-0.25, -0.2) is 4.79 Å². The molecule has 6 heteroatoms. The van der Waals surface area contributed by atoms with Crippen molar-refractivity contribution in [3.63, 3.8) is 0 Å². The summed E-state index contributed by atoms with van der Waals surface area (Å²) < 4.78 is 15.6. The first-order valence-corrected chi connectivity index (χ1v) is 6.42. The highest BCUT2D eigenvalue weighted by Gasteiger charge is 2.58. The van der Waals surface area contributed by atoms with Gasteiger partial charge >= 0.3 is 12.1 Å². The molecule has 6 nitrogen and oxygen atoms in total. The van der Waals surface area contributed by atoms with Gasteiger partial charge in [-0.3, -0.25) is 4.79 Å². The molecule has 0 aromatic carbocycles. The molecular weight excluding hydrogens is 250 g/mol. The molecule has 2 rings (SSSR count). The van der Waals surface area contributed by atoms with Gasteiger partial charge in [0.1, 0.15) is 11.0 Å². The van der Waals surface area contributed by atoms with Crippen molar-refractivity contribution >= 4 is 12.1 Å². The lowest BCUT2D eigenvalue weighted by atomic mass is 9.81. The van der Waals surface area contributed by atoms with Crippen LogP contribution in [0.2, 0.25) is 0 Å². The SMILES string of the molecule is COC(=O)[C@]12COC[C@@H]1CN(C(=O)OC(C)(C)C)C2. The molecule has 0 N–H and O–H groups in total. The summed E-state index contributed by atoms with van der Waals surface area (Å²) in [6.45, 7) is 7.03. The lowest BCUT2D eigenvalue weighted by Gasteiger charge is -2.26. The van der Waals surface area contributed by atoms with Gasteiger partial charge in [-0.15, -0.1) is 0 Å². The number of hydrogen-bond donors (Lipinski definition) is 0. The van der Waals surface area contributed by atoms with Crippen molar-refractivity contribution in [3.05, 3.63) is 0 Å². The van der Waals surface area contributed by atoms with Gasteiger partial charge in [-0.05, 0) is 20.8 Å². The fourth-order valence-corrected chi connectivity index (χ4v) is 2.69. The van der Waals surface area contributed by atoms with Crippen LogP contribution in [-0.4, -0.2) is 56.0 Å². The van der Waals surface area contributed by atoms with E-state index in [0.717, 1.165) is 0 Å². The number of nitrogens with zero attached hydrogens (tertiary/aromatic N) is 1. The van der Waals surface area contributed by atoms with E-state index in [1.807, 2.05) is 20.8 Å². The molecule has 0 saturated carbocycles. The third-order valence-corrected chi connectivity index (χ3v) is 3.62. The minimum Gasteiger partial charge on any atom is -0.468 e. The van der Waals surface area contributed by atoms with Gasteiger partial charge in [0, 0.05) is 19.0 Å². The molecule has 0 spiro atoms. The molecule has 2 fully saturated rings. The van der Waals surface area contributed by atoms with Crippen molar-refractivity contribution in [2.24, 2.45) is 11.3 Å². The molecule has 0 aromatic rings. The molecule has 0 bridgehead atoms. The zero-order chi connectivity index (χ0) is 14.3. The van der Waals surface area contributed by atoms with Crippen LogP contribution in [-0.2, 0) is 19.0 Å². The Labute approximate surface area is 113 Å². The fourth-order valence-electron chi connectivity index (χ4n) is 2.69. The molecule has 2 atom stereocenters. The van der Waals surface area contributed by atoms with Crippen LogP contribution in [0.5, 0.6) is 0 Å². The van der Waals surface area contributed by atoms with Crippen molar-refractivity contribution < 1.29 is 23.8 Å². The van der Waals surface area contributed by atoms with Crippen LogP contribution in [0.3, 0.4) is 0 Å². The van der Waals surface area contributed by atoms with Crippen LogP contribution >= 0.6 is 0 Å². The Balaban J connectivity index is 2.09. The quantitative estimate of drug-likeness (QED) is 0.667. The minimum absolute atomic E-state index is 0.00697. The normalized spacial score (nSPS) is 30.1. The average molecular weight is 271 g/mol. The van der Waals surface area contributed by atoms with E-state index in [-0.39, 0.29) is 18.0 Å². The molecule has 0 radical (unpaired) electrons. The van der Waals surface area contributed by atoms with E-state index >= 15 is 0 Å². The largest absolute Gasteiger partial charge is 0.468 e. The first kappa shape index (κ1) is 14.1. The van der Waals surface area contributed by atoms with E-state index in [2.05, 4.69) is 0 Å². The Hall–Kier alpha value is -1.30. The Morgan fingerprint density at radius 3 is 2.63 bits per heavy atom. The lowest BCUT2D eigenvalue weighted by Crippen LogP contribution is -2.42. The van der Waals surface area contributed by atoms with Gasteiger partial charge in [0.15, 0.2) is 0 Å². The third kappa shape index (κ3) is 2.54. The number of ether oxygens (including phenoxy) is 3. The second-order valence-electron chi connectivity index (χ2n) is 6.22. The number of carbonyl (C=O) groups is 2. The monoisotopic (exact) mass is 271 g/mol. The van der Waals surface area contributed by atoms with Gasteiger partial charge in [-0.1, -0.05) is 0 Å². The molecule has 2 aliphatic heterocycles. The molecular formula is C13H21NO5. The predicted octanol–water partition coefficient (Wildman–Crippen LogP) is 1.04. The Morgan fingerprint density at radius 1 is 1.37 bits per heavy atom. The number of rotatable bonds is 1. The van der Waals surface area contributed by atoms with Crippen LogP contribution in [0.25, 0.3) is 0 Å². The summed E-state index contributed by atoms with van der Waals surface area (Å²) in [6.07, 6.45) is -0.384. The first-order valence-electron chi connectivity index (χ1n) is 6.42. The molecule has 2 heterocycles. The van der Waals surface area contributed by atoms with Crippen molar-refractivity contribution in [2.45, 2.75) is 26.4 Å². The van der Waals surface area contributed by atoms with Gasteiger partial charge in [0.05, 0.1) is 20.3 Å². The summed E-state index contributed by atoms with van der Waals surface area (Å²) >= 11 is 0. The molecule has 0 aromatic heterocycles. The lowest BCUT2D eigenvalue weighted by molar-refractivity contribution is -0.153. The highest BCUT2D eigenvalue weighted by atomic mass is 16.6. The summed E-state index contributed by atoms with van der Waals surface area (Å²) in [7, 11) is 1.36. The number of fused-ring (bicyclic) bond motifs is 1. The van der Waals surface area contributed by atoms with Gasteiger partial charge in [0.2, 0.25) is 0 Å². The highest BCUT2D eigenvalue weighted by Crippen LogP contribution is 2.42. The van der Waals surface area contributed by atoms with E-state index < -0.39 is 11.0 Å². The maximum absolute atomic E-state index is 12.1. The van der Waals surface area contributed by atoms with Gasteiger partial charge in [-0.2, -0.15) is 0 Å². The number of methoxy groups -OCH3 is 1. The average Bonchev–Trinajstić information content (AvgIpc) is 2.82. The van der Waals surface area contributed by atoms with Crippen LogP contribution in [0.4, 0.5) is 4.79 Å². The third-order valence-electron chi connectivity index (χ3n) is 3.62. The number of carbonyl (C=O) groups excluding carboxylic acids is 2. The maximum Gasteiger partial charge on any atom is 0.410 e. The van der Waals surface area contributed by atoms with E-state index in [1.54, 1.807) is 4.90 Å². The summed E-state index contributed by atoms with van der Waals surface area (Å²) in [5, 5.41) is 0. The van der Waals surface area contributed by atoms with E-state index in [4.69, 9.17) is 14.2 Å².